The first kappa shape index (κ1) is 20.5. The third kappa shape index (κ3) is 4.55. The molecule has 0 spiro atoms. The van der Waals surface area contributed by atoms with Gasteiger partial charge in [-0.2, -0.15) is 0 Å². The Morgan fingerprint density at radius 3 is 2.39 bits per heavy atom. The quantitative estimate of drug-likeness (QED) is 0.473. The van der Waals surface area contributed by atoms with Gasteiger partial charge in [0.25, 0.3) is 5.56 Å². The van der Waals surface area contributed by atoms with Gasteiger partial charge in [0.1, 0.15) is 5.82 Å². The number of unbranched alkanes of at least 4 members (excludes halogenated alkanes) is 1. The molecule has 0 aliphatic rings. The zero-order valence-corrected chi connectivity index (χ0v) is 17.6. The molecule has 7 nitrogen and oxygen atoms in total. The van der Waals surface area contributed by atoms with Crippen molar-refractivity contribution in [2.75, 3.05) is 0 Å². The lowest BCUT2D eigenvalue weighted by Crippen LogP contribution is -2.19. The molecule has 0 amide bonds. The molecule has 0 radical (unpaired) electrons. The highest BCUT2D eigenvalue weighted by atomic mass is 16.5. The Morgan fingerprint density at radius 2 is 1.71 bits per heavy atom. The maximum absolute atomic E-state index is 12.6. The standard InChI is InChI=1S/C24H24N4O3/c1-3-4-9-21-20(23(29)26-15(2)25-21)14-16-10-12-17(13-11-16)18-7-5-6-8-19(18)22-27-24(30)31-28-22/h5-8,10-13H,3-4,9,14H2,1-2H3,(H,25,26,29)(H,27,28,30). The molecule has 0 saturated heterocycles. The van der Waals surface area contributed by atoms with Crippen LogP contribution in [0.25, 0.3) is 22.5 Å². The Bertz CT molecular complexity index is 1300. The van der Waals surface area contributed by atoms with Gasteiger partial charge < -0.3 is 4.98 Å². The second-order valence-electron chi connectivity index (χ2n) is 7.54. The second-order valence-corrected chi connectivity index (χ2v) is 7.54. The molecule has 4 rings (SSSR count). The zero-order valence-electron chi connectivity index (χ0n) is 17.6. The molecular formula is C24H24N4O3. The summed E-state index contributed by atoms with van der Waals surface area (Å²) in [6.07, 6.45) is 3.39. The van der Waals surface area contributed by atoms with Gasteiger partial charge in [-0.3, -0.25) is 14.3 Å². The largest absolute Gasteiger partial charge is 0.439 e. The first-order valence-corrected chi connectivity index (χ1v) is 10.4. The minimum absolute atomic E-state index is 0.0667. The van der Waals surface area contributed by atoms with E-state index in [2.05, 4.69) is 31.6 Å². The van der Waals surface area contributed by atoms with Crippen LogP contribution in [0.4, 0.5) is 0 Å². The van der Waals surface area contributed by atoms with E-state index < -0.39 is 5.76 Å². The number of hydrogen-bond donors (Lipinski definition) is 2. The Kier molecular flexibility index (Phi) is 5.93. The van der Waals surface area contributed by atoms with Gasteiger partial charge in [-0.25, -0.2) is 9.78 Å². The maximum atomic E-state index is 12.6. The van der Waals surface area contributed by atoms with E-state index in [1.807, 2.05) is 55.5 Å². The molecule has 2 N–H and O–H groups in total. The van der Waals surface area contributed by atoms with Crippen molar-refractivity contribution in [2.24, 2.45) is 0 Å². The first-order chi connectivity index (χ1) is 15.0. The van der Waals surface area contributed by atoms with Crippen LogP contribution in [0, 0.1) is 6.92 Å². The number of aromatic amines is 2. The molecule has 4 aromatic rings. The van der Waals surface area contributed by atoms with Crippen molar-refractivity contribution in [3.63, 3.8) is 0 Å². The third-order valence-corrected chi connectivity index (χ3v) is 5.25. The predicted octanol–water partition coefficient (Wildman–Crippen LogP) is 4.02. The molecule has 0 atom stereocenters. The van der Waals surface area contributed by atoms with E-state index in [1.54, 1.807) is 0 Å². The van der Waals surface area contributed by atoms with Crippen LogP contribution in [0.15, 0.2) is 62.6 Å². The summed E-state index contributed by atoms with van der Waals surface area (Å²) in [4.78, 5) is 33.9. The second kappa shape index (κ2) is 8.95. The van der Waals surface area contributed by atoms with E-state index in [0.29, 0.717) is 18.1 Å². The van der Waals surface area contributed by atoms with Crippen molar-refractivity contribution in [2.45, 2.75) is 39.5 Å². The fourth-order valence-corrected chi connectivity index (χ4v) is 3.70. The highest BCUT2D eigenvalue weighted by Crippen LogP contribution is 2.30. The fourth-order valence-electron chi connectivity index (χ4n) is 3.70. The van der Waals surface area contributed by atoms with E-state index in [0.717, 1.165) is 52.8 Å². The van der Waals surface area contributed by atoms with Crippen LogP contribution in [0.1, 0.15) is 42.4 Å². The van der Waals surface area contributed by atoms with Crippen LogP contribution >= 0.6 is 0 Å². The summed E-state index contributed by atoms with van der Waals surface area (Å²) >= 11 is 0. The maximum Gasteiger partial charge on any atom is 0.439 e. The molecule has 0 unspecified atom stereocenters. The summed E-state index contributed by atoms with van der Waals surface area (Å²) in [7, 11) is 0. The molecule has 2 aromatic carbocycles. The number of benzene rings is 2. The van der Waals surface area contributed by atoms with Crippen LogP contribution in [0.5, 0.6) is 0 Å². The Balaban J connectivity index is 1.64. The lowest BCUT2D eigenvalue weighted by molar-refractivity contribution is 0.388. The van der Waals surface area contributed by atoms with Crippen molar-refractivity contribution in [3.8, 4) is 22.5 Å². The topological polar surface area (TPSA) is 105 Å². The fraction of sp³-hybridized carbons (Fsp3) is 0.250. The number of rotatable bonds is 7. The summed E-state index contributed by atoms with van der Waals surface area (Å²) in [5.74, 6) is 0.455. The third-order valence-electron chi connectivity index (χ3n) is 5.25. The summed E-state index contributed by atoms with van der Waals surface area (Å²) in [6.45, 7) is 3.94. The Morgan fingerprint density at radius 1 is 0.968 bits per heavy atom. The van der Waals surface area contributed by atoms with Crippen molar-refractivity contribution in [1.29, 1.82) is 0 Å². The van der Waals surface area contributed by atoms with Crippen LogP contribution in [-0.2, 0) is 12.8 Å². The van der Waals surface area contributed by atoms with Crippen molar-refractivity contribution in [1.82, 2.24) is 20.1 Å². The summed E-state index contributed by atoms with van der Waals surface area (Å²) < 4.78 is 4.65. The number of nitrogens with zero attached hydrogens (tertiary/aromatic N) is 2. The minimum Gasteiger partial charge on any atom is -0.311 e. The van der Waals surface area contributed by atoms with E-state index in [-0.39, 0.29) is 5.56 Å². The smallest absolute Gasteiger partial charge is 0.311 e. The highest BCUT2D eigenvalue weighted by Gasteiger charge is 2.13. The summed E-state index contributed by atoms with van der Waals surface area (Å²) in [5, 5.41) is 3.81. The lowest BCUT2D eigenvalue weighted by atomic mass is 9.96. The van der Waals surface area contributed by atoms with Gasteiger partial charge in [-0.15, -0.1) is 0 Å². The average Bonchev–Trinajstić information content (AvgIpc) is 3.21. The van der Waals surface area contributed by atoms with E-state index in [9.17, 15) is 9.59 Å². The molecule has 31 heavy (non-hydrogen) atoms. The van der Waals surface area contributed by atoms with Gasteiger partial charge in [0.2, 0.25) is 0 Å². The Labute approximate surface area is 179 Å². The number of hydrogen-bond acceptors (Lipinski definition) is 5. The molecule has 0 aliphatic carbocycles. The van der Waals surface area contributed by atoms with E-state index in [1.165, 1.54) is 0 Å². The average molecular weight is 416 g/mol. The molecule has 0 aliphatic heterocycles. The first-order valence-electron chi connectivity index (χ1n) is 10.4. The van der Waals surface area contributed by atoms with E-state index >= 15 is 0 Å². The molecule has 7 heteroatoms. The molecule has 0 bridgehead atoms. The zero-order chi connectivity index (χ0) is 21.8. The van der Waals surface area contributed by atoms with Gasteiger partial charge in [0.05, 0.1) is 5.69 Å². The van der Waals surface area contributed by atoms with Crippen LogP contribution in [0.3, 0.4) is 0 Å². The van der Waals surface area contributed by atoms with Crippen LogP contribution in [0.2, 0.25) is 0 Å². The van der Waals surface area contributed by atoms with Gasteiger partial charge in [-0.05, 0) is 36.5 Å². The summed E-state index contributed by atoms with van der Waals surface area (Å²) in [6, 6.07) is 15.7. The number of H-pyrrole nitrogens is 2. The van der Waals surface area contributed by atoms with Crippen molar-refractivity contribution in [3.05, 3.63) is 92.1 Å². The molecule has 0 fully saturated rings. The molecular weight excluding hydrogens is 392 g/mol. The van der Waals surface area contributed by atoms with Gasteiger partial charge >= 0.3 is 5.76 Å². The van der Waals surface area contributed by atoms with Crippen molar-refractivity contribution < 1.29 is 4.52 Å². The van der Waals surface area contributed by atoms with E-state index in [4.69, 9.17) is 0 Å². The van der Waals surface area contributed by atoms with Gasteiger partial charge in [0, 0.05) is 17.5 Å². The lowest BCUT2D eigenvalue weighted by Gasteiger charge is -2.10. The van der Waals surface area contributed by atoms with Crippen LogP contribution in [-0.4, -0.2) is 20.1 Å². The number of aromatic nitrogens is 4. The predicted molar refractivity (Wildman–Crippen MR) is 119 cm³/mol. The minimum atomic E-state index is -0.587. The van der Waals surface area contributed by atoms with Gasteiger partial charge in [-0.1, -0.05) is 67.0 Å². The van der Waals surface area contributed by atoms with Gasteiger partial charge in [0.15, 0.2) is 5.82 Å². The Hall–Kier alpha value is -3.74. The normalized spacial score (nSPS) is 11.0. The summed E-state index contributed by atoms with van der Waals surface area (Å²) in [5.41, 5.74) is 5.26. The number of nitrogens with one attached hydrogen (secondary N) is 2. The monoisotopic (exact) mass is 416 g/mol. The highest BCUT2D eigenvalue weighted by molar-refractivity contribution is 5.80. The number of aryl methyl sites for hydroxylation is 2. The molecule has 158 valence electrons. The van der Waals surface area contributed by atoms with Crippen molar-refractivity contribution >= 4 is 0 Å². The molecule has 0 saturated carbocycles. The molecule has 2 heterocycles. The van der Waals surface area contributed by atoms with Crippen LogP contribution < -0.4 is 11.3 Å². The SMILES string of the molecule is CCCCc1nc(C)[nH]c(=O)c1Cc1ccc(-c2ccccc2-c2noc(=O)[nH]2)cc1. The molecule has 2 aromatic heterocycles.